The summed E-state index contributed by atoms with van der Waals surface area (Å²) in [5, 5.41) is 4.39. The van der Waals surface area contributed by atoms with Gasteiger partial charge in [0.05, 0.1) is 12.8 Å². The van der Waals surface area contributed by atoms with Crippen LogP contribution in [0.1, 0.15) is 41.5 Å². The van der Waals surface area contributed by atoms with Crippen molar-refractivity contribution in [3.05, 3.63) is 47.3 Å². The van der Waals surface area contributed by atoms with Crippen LogP contribution < -0.4 is 4.74 Å². The SMILES string of the molecule is COc1cccc(CN2CCN(C(=O)c3cc(C(C)C)nn3C)CC2=O)c1. The van der Waals surface area contributed by atoms with Crippen LogP contribution in [0.2, 0.25) is 0 Å². The highest BCUT2D eigenvalue weighted by Crippen LogP contribution is 2.18. The van der Waals surface area contributed by atoms with Gasteiger partial charge in [-0.05, 0) is 29.7 Å². The zero-order chi connectivity index (χ0) is 19.6. The van der Waals surface area contributed by atoms with E-state index in [4.69, 9.17) is 4.74 Å². The largest absolute Gasteiger partial charge is 0.497 e. The lowest BCUT2D eigenvalue weighted by atomic mass is 10.1. The van der Waals surface area contributed by atoms with Crippen molar-refractivity contribution in [1.29, 1.82) is 0 Å². The highest BCUT2D eigenvalue weighted by Gasteiger charge is 2.29. The fraction of sp³-hybridized carbons (Fsp3) is 0.450. The van der Waals surface area contributed by atoms with Gasteiger partial charge in [0.15, 0.2) is 0 Å². The van der Waals surface area contributed by atoms with Crippen LogP contribution in [0.3, 0.4) is 0 Å². The third-order valence-electron chi connectivity index (χ3n) is 4.82. The van der Waals surface area contributed by atoms with Crippen molar-refractivity contribution in [3.63, 3.8) is 0 Å². The molecule has 1 aromatic heterocycles. The van der Waals surface area contributed by atoms with E-state index in [1.54, 1.807) is 28.6 Å². The van der Waals surface area contributed by atoms with Gasteiger partial charge in [0, 0.05) is 26.7 Å². The maximum atomic E-state index is 12.8. The quantitative estimate of drug-likeness (QED) is 0.808. The molecule has 7 heteroatoms. The molecule has 144 valence electrons. The Morgan fingerprint density at radius 1 is 1.26 bits per heavy atom. The Balaban J connectivity index is 1.66. The van der Waals surface area contributed by atoms with Crippen molar-refractivity contribution in [2.45, 2.75) is 26.3 Å². The molecule has 0 N–H and O–H groups in total. The number of aromatic nitrogens is 2. The van der Waals surface area contributed by atoms with Gasteiger partial charge in [0.1, 0.15) is 18.0 Å². The minimum atomic E-state index is -0.147. The lowest BCUT2D eigenvalue weighted by Gasteiger charge is -2.34. The average molecular weight is 370 g/mol. The Kier molecular flexibility index (Phi) is 5.48. The van der Waals surface area contributed by atoms with Crippen LogP contribution in [0.25, 0.3) is 0 Å². The standard InChI is InChI=1S/C20H26N4O3/c1-14(2)17-11-18(22(3)21-17)20(26)24-9-8-23(19(25)13-24)12-15-6-5-7-16(10-15)27-4/h5-7,10-11,14H,8-9,12-13H2,1-4H3. The zero-order valence-electron chi connectivity index (χ0n) is 16.3. The van der Waals surface area contributed by atoms with Crippen LogP contribution in [-0.4, -0.2) is 58.1 Å². The van der Waals surface area contributed by atoms with Gasteiger partial charge in [-0.1, -0.05) is 26.0 Å². The Morgan fingerprint density at radius 3 is 2.67 bits per heavy atom. The second kappa shape index (κ2) is 7.82. The Hall–Kier alpha value is -2.83. The molecule has 1 aliphatic heterocycles. The lowest BCUT2D eigenvalue weighted by Crippen LogP contribution is -2.52. The van der Waals surface area contributed by atoms with Crippen molar-refractivity contribution in [1.82, 2.24) is 19.6 Å². The molecular formula is C20H26N4O3. The molecule has 0 radical (unpaired) electrons. The summed E-state index contributed by atoms with van der Waals surface area (Å²) in [6.07, 6.45) is 0. The van der Waals surface area contributed by atoms with Gasteiger partial charge < -0.3 is 14.5 Å². The number of hydrogen-bond acceptors (Lipinski definition) is 4. The van der Waals surface area contributed by atoms with Gasteiger partial charge in [0.2, 0.25) is 5.91 Å². The van der Waals surface area contributed by atoms with Gasteiger partial charge in [0.25, 0.3) is 5.91 Å². The number of rotatable bonds is 5. The van der Waals surface area contributed by atoms with Gasteiger partial charge in [-0.3, -0.25) is 14.3 Å². The number of nitrogens with zero attached hydrogens (tertiary/aromatic N) is 4. The first-order valence-corrected chi connectivity index (χ1v) is 9.13. The Morgan fingerprint density at radius 2 is 2.04 bits per heavy atom. The molecule has 27 heavy (non-hydrogen) atoms. The molecule has 0 aliphatic carbocycles. The van der Waals surface area contributed by atoms with Crippen molar-refractivity contribution in [3.8, 4) is 5.75 Å². The fourth-order valence-corrected chi connectivity index (χ4v) is 3.17. The molecule has 1 aromatic carbocycles. The number of methoxy groups -OCH3 is 1. The van der Waals surface area contributed by atoms with E-state index in [9.17, 15) is 9.59 Å². The molecule has 1 fully saturated rings. The predicted octanol–water partition coefficient (Wildman–Crippen LogP) is 2.04. The summed E-state index contributed by atoms with van der Waals surface area (Å²) in [7, 11) is 3.39. The van der Waals surface area contributed by atoms with Crippen LogP contribution in [0, 0.1) is 0 Å². The second-order valence-electron chi connectivity index (χ2n) is 7.13. The summed E-state index contributed by atoms with van der Waals surface area (Å²) < 4.78 is 6.84. The number of amides is 2. The normalized spacial score (nSPS) is 14.8. The van der Waals surface area contributed by atoms with Crippen molar-refractivity contribution < 1.29 is 14.3 Å². The highest BCUT2D eigenvalue weighted by molar-refractivity contribution is 5.95. The fourth-order valence-electron chi connectivity index (χ4n) is 3.17. The molecule has 7 nitrogen and oxygen atoms in total. The van der Waals surface area contributed by atoms with Crippen LogP contribution >= 0.6 is 0 Å². The number of benzene rings is 1. The van der Waals surface area contributed by atoms with Crippen LogP contribution in [-0.2, 0) is 18.4 Å². The second-order valence-corrected chi connectivity index (χ2v) is 7.13. The monoisotopic (exact) mass is 370 g/mol. The van der Waals surface area contributed by atoms with E-state index < -0.39 is 0 Å². The lowest BCUT2D eigenvalue weighted by molar-refractivity contribution is -0.135. The minimum absolute atomic E-state index is 0.0522. The molecule has 0 unspecified atom stereocenters. The van der Waals surface area contributed by atoms with Gasteiger partial charge in [-0.25, -0.2) is 0 Å². The molecule has 0 bridgehead atoms. The van der Waals surface area contributed by atoms with Crippen LogP contribution in [0.4, 0.5) is 0 Å². The maximum absolute atomic E-state index is 12.8. The van der Waals surface area contributed by atoms with E-state index >= 15 is 0 Å². The van der Waals surface area contributed by atoms with Gasteiger partial charge in [-0.2, -0.15) is 5.10 Å². The van der Waals surface area contributed by atoms with E-state index in [1.807, 2.05) is 44.2 Å². The summed E-state index contributed by atoms with van der Waals surface area (Å²) in [6.45, 7) is 5.70. The molecule has 0 atom stereocenters. The van der Waals surface area contributed by atoms with E-state index in [-0.39, 0.29) is 24.3 Å². The zero-order valence-corrected chi connectivity index (χ0v) is 16.3. The maximum Gasteiger partial charge on any atom is 0.272 e. The van der Waals surface area contributed by atoms with E-state index in [0.717, 1.165) is 17.0 Å². The third kappa shape index (κ3) is 4.13. The summed E-state index contributed by atoms with van der Waals surface area (Å²) in [5.41, 5.74) is 2.41. The smallest absolute Gasteiger partial charge is 0.272 e. The molecule has 1 saturated heterocycles. The van der Waals surface area contributed by atoms with Gasteiger partial charge in [-0.15, -0.1) is 0 Å². The first-order chi connectivity index (χ1) is 12.9. The van der Waals surface area contributed by atoms with Crippen molar-refractivity contribution in [2.75, 3.05) is 26.7 Å². The first-order valence-electron chi connectivity index (χ1n) is 9.13. The number of piperazine rings is 1. The number of carbonyl (C=O) groups is 2. The molecular weight excluding hydrogens is 344 g/mol. The number of hydrogen-bond donors (Lipinski definition) is 0. The van der Waals surface area contributed by atoms with Gasteiger partial charge >= 0.3 is 0 Å². The molecule has 0 saturated carbocycles. The Labute approximate surface area is 159 Å². The summed E-state index contributed by atoms with van der Waals surface area (Å²) in [5.74, 6) is 0.819. The molecule has 2 aromatic rings. The molecule has 2 heterocycles. The number of aryl methyl sites for hydroxylation is 1. The van der Waals surface area contributed by atoms with Crippen LogP contribution in [0.5, 0.6) is 5.75 Å². The minimum Gasteiger partial charge on any atom is -0.497 e. The van der Waals surface area contributed by atoms with E-state index in [1.165, 1.54) is 0 Å². The predicted molar refractivity (Wildman–Crippen MR) is 102 cm³/mol. The number of carbonyl (C=O) groups excluding carboxylic acids is 2. The summed E-state index contributed by atoms with van der Waals surface area (Å²) in [4.78, 5) is 28.8. The molecule has 2 amide bonds. The summed E-state index contributed by atoms with van der Waals surface area (Å²) in [6, 6.07) is 9.50. The van der Waals surface area contributed by atoms with E-state index in [2.05, 4.69) is 5.10 Å². The van der Waals surface area contributed by atoms with Crippen LogP contribution in [0.15, 0.2) is 30.3 Å². The highest BCUT2D eigenvalue weighted by atomic mass is 16.5. The molecule has 1 aliphatic rings. The van der Waals surface area contributed by atoms with E-state index in [0.29, 0.717) is 25.3 Å². The molecule has 3 rings (SSSR count). The number of ether oxygens (including phenoxy) is 1. The third-order valence-corrected chi connectivity index (χ3v) is 4.82. The first kappa shape index (κ1) is 18.9. The molecule has 0 spiro atoms. The Bertz CT molecular complexity index is 844. The average Bonchev–Trinajstić information content (AvgIpc) is 3.05. The van der Waals surface area contributed by atoms with Crippen molar-refractivity contribution in [2.24, 2.45) is 7.05 Å². The topological polar surface area (TPSA) is 67.7 Å². The van der Waals surface area contributed by atoms with Crippen molar-refractivity contribution >= 4 is 11.8 Å². The summed E-state index contributed by atoms with van der Waals surface area (Å²) >= 11 is 0.